The van der Waals surface area contributed by atoms with E-state index < -0.39 is 10.0 Å². The van der Waals surface area contributed by atoms with Gasteiger partial charge in [0.15, 0.2) is 0 Å². The average Bonchev–Trinajstić information content (AvgIpc) is 2.22. The molecule has 1 rings (SSSR count). The highest BCUT2D eigenvalue weighted by atomic mass is 32.2. The first-order valence-electron chi connectivity index (χ1n) is 5.63. The third-order valence-corrected chi connectivity index (χ3v) is 3.83. The van der Waals surface area contributed by atoms with Crippen LogP contribution in [0.15, 0.2) is 18.2 Å². The smallest absolute Gasteiger partial charge is 0.232 e. The zero-order valence-corrected chi connectivity index (χ0v) is 11.0. The SMILES string of the molecule is Cc1ccc(NS(=O)(=O)CCCCO)c(C)c1. The monoisotopic (exact) mass is 257 g/mol. The Morgan fingerprint density at radius 3 is 2.53 bits per heavy atom. The lowest BCUT2D eigenvalue weighted by molar-refractivity contribution is 0.287. The van der Waals surface area contributed by atoms with Gasteiger partial charge in [-0.15, -0.1) is 0 Å². The summed E-state index contributed by atoms with van der Waals surface area (Å²) in [5, 5.41) is 8.61. The molecule has 96 valence electrons. The molecule has 0 bridgehead atoms. The molecule has 0 aliphatic heterocycles. The van der Waals surface area contributed by atoms with Crippen molar-refractivity contribution >= 4 is 15.7 Å². The van der Waals surface area contributed by atoms with Crippen LogP contribution in [0.4, 0.5) is 5.69 Å². The lowest BCUT2D eigenvalue weighted by Crippen LogP contribution is -2.17. The van der Waals surface area contributed by atoms with Gasteiger partial charge >= 0.3 is 0 Å². The molecule has 5 heteroatoms. The molecule has 0 atom stereocenters. The number of unbranched alkanes of at least 4 members (excludes halogenated alkanes) is 1. The molecule has 0 saturated carbocycles. The minimum Gasteiger partial charge on any atom is -0.396 e. The van der Waals surface area contributed by atoms with E-state index in [0.29, 0.717) is 18.5 Å². The van der Waals surface area contributed by atoms with E-state index in [-0.39, 0.29) is 12.4 Å². The van der Waals surface area contributed by atoms with Crippen molar-refractivity contribution in [3.63, 3.8) is 0 Å². The van der Waals surface area contributed by atoms with Crippen molar-refractivity contribution in [2.24, 2.45) is 0 Å². The minimum atomic E-state index is -3.30. The molecule has 0 fully saturated rings. The molecule has 1 aromatic carbocycles. The van der Waals surface area contributed by atoms with E-state index in [1.54, 1.807) is 6.07 Å². The summed E-state index contributed by atoms with van der Waals surface area (Å²) in [6.45, 7) is 3.87. The Morgan fingerprint density at radius 1 is 1.24 bits per heavy atom. The second kappa shape index (κ2) is 6.02. The van der Waals surface area contributed by atoms with Crippen LogP contribution >= 0.6 is 0 Å². The van der Waals surface area contributed by atoms with Gasteiger partial charge in [0.1, 0.15) is 0 Å². The fraction of sp³-hybridized carbons (Fsp3) is 0.500. The first-order chi connectivity index (χ1) is 7.94. The summed E-state index contributed by atoms with van der Waals surface area (Å²) < 4.78 is 26.0. The number of nitrogens with one attached hydrogen (secondary N) is 1. The summed E-state index contributed by atoms with van der Waals surface area (Å²) in [5.41, 5.74) is 2.64. The van der Waals surface area contributed by atoms with E-state index in [1.165, 1.54) is 0 Å². The predicted molar refractivity (Wildman–Crippen MR) is 69.6 cm³/mol. The van der Waals surface area contributed by atoms with Crippen LogP contribution in [-0.2, 0) is 10.0 Å². The molecule has 4 nitrogen and oxygen atoms in total. The number of aliphatic hydroxyl groups is 1. The van der Waals surface area contributed by atoms with Gasteiger partial charge in [-0.05, 0) is 38.3 Å². The highest BCUT2D eigenvalue weighted by Crippen LogP contribution is 2.17. The number of aryl methyl sites for hydroxylation is 2. The summed E-state index contributed by atoms with van der Waals surface area (Å²) >= 11 is 0. The summed E-state index contributed by atoms with van der Waals surface area (Å²) in [5.74, 6) is 0.0425. The Bertz CT molecular complexity index is 469. The number of benzene rings is 1. The number of hydrogen-bond donors (Lipinski definition) is 2. The molecular formula is C12H19NO3S. The zero-order chi connectivity index (χ0) is 12.9. The van der Waals surface area contributed by atoms with Gasteiger partial charge in [-0.3, -0.25) is 4.72 Å². The van der Waals surface area contributed by atoms with Gasteiger partial charge in [-0.2, -0.15) is 0 Å². The van der Waals surface area contributed by atoms with Gasteiger partial charge in [0, 0.05) is 6.61 Å². The van der Waals surface area contributed by atoms with Crippen molar-refractivity contribution in [2.75, 3.05) is 17.1 Å². The van der Waals surface area contributed by atoms with E-state index in [1.807, 2.05) is 26.0 Å². The fourth-order valence-electron chi connectivity index (χ4n) is 1.55. The second-order valence-corrected chi connectivity index (χ2v) is 6.01. The number of aliphatic hydroxyl groups excluding tert-OH is 1. The van der Waals surface area contributed by atoms with E-state index in [9.17, 15) is 8.42 Å². The summed E-state index contributed by atoms with van der Waals surface area (Å²) in [7, 11) is -3.30. The van der Waals surface area contributed by atoms with Gasteiger partial charge < -0.3 is 5.11 Å². The van der Waals surface area contributed by atoms with Crippen LogP contribution in [0, 0.1) is 13.8 Å². The molecule has 17 heavy (non-hydrogen) atoms. The first-order valence-corrected chi connectivity index (χ1v) is 7.28. The molecule has 0 saturated heterocycles. The van der Waals surface area contributed by atoms with Crippen LogP contribution in [0.25, 0.3) is 0 Å². The Morgan fingerprint density at radius 2 is 1.94 bits per heavy atom. The summed E-state index contributed by atoms with van der Waals surface area (Å²) in [6.07, 6.45) is 0.977. The van der Waals surface area contributed by atoms with Crippen LogP contribution in [0.1, 0.15) is 24.0 Å². The van der Waals surface area contributed by atoms with Gasteiger partial charge in [-0.1, -0.05) is 17.7 Å². The molecule has 0 radical (unpaired) electrons. The number of sulfonamides is 1. The average molecular weight is 257 g/mol. The number of hydrogen-bond acceptors (Lipinski definition) is 3. The van der Waals surface area contributed by atoms with Crippen LogP contribution in [0.3, 0.4) is 0 Å². The van der Waals surface area contributed by atoms with E-state index >= 15 is 0 Å². The summed E-state index contributed by atoms with van der Waals surface area (Å²) in [4.78, 5) is 0. The molecule has 0 unspecified atom stereocenters. The molecule has 0 aromatic heterocycles. The van der Waals surface area contributed by atoms with Crippen molar-refractivity contribution < 1.29 is 13.5 Å². The van der Waals surface area contributed by atoms with Gasteiger partial charge in [0.05, 0.1) is 11.4 Å². The van der Waals surface area contributed by atoms with Crippen LogP contribution in [0.5, 0.6) is 0 Å². The number of rotatable bonds is 6. The Kier molecular flexibility index (Phi) is 4.96. The van der Waals surface area contributed by atoms with Crippen LogP contribution in [0.2, 0.25) is 0 Å². The molecule has 0 aliphatic carbocycles. The predicted octanol–water partition coefficient (Wildman–Crippen LogP) is 1.82. The van der Waals surface area contributed by atoms with Crippen molar-refractivity contribution in [3.05, 3.63) is 29.3 Å². The quantitative estimate of drug-likeness (QED) is 0.764. The molecular weight excluding hydrogens is 238 g/mol. The normalized spacial score (nSPS) is 11.5. The van der Waals surface area contributed by atoms with Crippen molar-refractivity contribution in [3.8, 4) is 0 Å². The molecule has 2 N–H and O–H groups in total. The fourth-order valence-corrected chi connectivity index (χ4v) is 2.80. The largest absolute Gasteiger partial charge is 0.396 e. The zero-order valence-electron chi connectivity index (χ0n) is 10.2. The highest BCUT2D eigenvalue weighted by Gasteiger charge is 2.11. The topological polar surface area (TPSA) is 66.4 Å². The van der Waals surface area contributed by atoms with Crippen LogP contribution < -0.4 is 4.72 Å². The van der Waals surface area contributed by atoms with Gasteiger partial charge in [-0.25, -0.2) is 8.42 Å². The van der Waals surface area contributed by atoms with E-state index in [4.69, 9.17) is 5.11 Å². The standard InChI is InChI=1S/C12H19NO3S/c1-10-5-6-12(11(2)9-10)13-17(15,16)8-4-3-7-14/h5-6,9,13-14H,3-4,7-8H2,1-2H3. The molecule has 0 amide bonds. The highest BCUT2D eigenvalue weighted by molar-refractivity contribution is 7.92. The van der Waals surface area contributed by atoms with Crippen LogP contribution in [-0.4, -0.2) is 25.9 Å². The second-order valence-electron chi connectivity index (χ2n) is 4.17. The van der Waals surface area contributed by atoms with Crippen molar-refractivity contribution in [1.82, 2.24) is 0 Å². The Hall–Kier alpha value is -1.07. The lowest BCUT2D eigenvalue weighted by atomic mass is 10.1. The van der Waals surface area contributed by atoms with Crippen molar-refractivity contribution in [1.29, 1.82) is 0 Å². The van der Waals surface area contributed by atoms with E-state index in [0.717, 1.165) is 11.1 Å². The third-order valence-electron chi connectivity index (χ3n) is 2.47. The minimum absolute atomic E-state index is 0.0269. The maximum atomic E-state index is 11.7. The molecule has 1 aromatic rings. The summed E-state index contributed by atoms with van der Waals surface area (Å²) in [6, 6.07) is 5.58. The molecule has 0 heterocycles. The van der Waals surface area contributed by atoms with Gasteiger partial charge in [0.25, 0.3) is 0 Å². The maximum Gasteiger partial charge on any atom is 0.232 e. The van der Waals surface area contributed by atoms with Crippen molar-refractivity contribution in [2.45, 2.75) is 26.7 Å². The molecule has 0 spiro atoms. The third kappa shape index (κ3) is 4.75. The maximum absolute atomic E-state index is 11.7. The lowest BCUT2D eigenvalue weighted by Gasteiger charge is -2.10. The number of anilines is 1. The Labute approximate surface area is 103 Å². The van der Waals surface area contributed by atoms with E-state index in [2.05, 4.69) is 4.72 Å². The van der Waals surface area contributed by atoms with Gasteiger partial charge in [0.2, 0.25) is 10.0 Å². The Balaban J connectivity index is 2.69. The molecule has 0 aliphatic rings. The first kappa shape index (κ1) is 14.0.